The molecule has 0 unspecified atom stereocenters. The molecule has 0 aliphatic heterocycles. The van der Waals surface area contributed by atoms with E-state index in [1.165, 1.54) is 12.1 Å². The highest BCUT2D eigenvalue weighted by Gasteiger charge is 1.97. The Bertz CT molecular complexity index is 260. The summed E-state index contributed by atoms with van der Waals surface area (Å²) in [5, 5.41) is 0.274. The first kappa shape index (κ1) is 7.22. The van der Waals surface area contributed by atoms with Crippen molar-refractivity contribution in [2.75, 3.05) is 0 Å². The summed E-state index contributed by atoms with van der Waals surface area (Å²) in [6.07, 6.45) is 2.46. The fraction of sp³-hybridized carbons (Fsp3) is 0. The average molecular weight is 158 g/mol. The van der Waals surface area contributed by atoms with Crippen molar-refractivity contribution < 1.29 is 4.39 Å². The number of halogens is 2. The van der Waals surface area contributed by atoms with Crippen molar-refractivity contribution in [1.29, 1.82) is 0 Å². The minimum Gasteiger partial charge on any atom is -0.241 e. The molecule has 1 heterocycles. The molecule has 0 aliphatic carbocycles. The molecule has 0 saturated heterocycles. The van der Waals surface area contributed by atoms with Crippen molar-refractivity contribution in [1.82, 2.24) is 4.98 Å². The van der Waals surface area contributed by atoms with Crippen LogP contribution >= 0.6 is 11.6 Å². The molecule has 0 aromatic carbocycles. The second kappa shape index (κ2) is 2.80. The van der Waals surface area contributed by atoms with Gasteiger partial charge in [0.2, 0.25) is 0 Å². The standard InChI is InChI=1S/C7H5ClFN/c1-2-5-3-7(8)10-4-6(5)9/h2-4H,1H2. The maximum Gasteiger partial charge on any atom is 0.148 e. The zero-order valence-corrected chi connectivity index (χ0v) is 5.90. The van der Waals surface area contributed by atoms with Crippen LogP contribution in [-0.2, 0) is 0 Å². The van der Waals surface area contributed by atoms with Gasteiger partial charge in [-0.2, -0.15) is 0 Å². The topological polar surface area (TPSA) is 12.9 Å². The zero-order chi connectivity index (χ0) is 7.56. The summed E-state index contributed by atoms with van der Waals surface area (Å²) in [7, 11) is 0. The van der Waals surface area contributed by atoms with E-state index in [2.05, 4.69) is 11.6 Å². The van der Waals surface area contributed by atoms with Gasteiger partial charge in [-0.05, 0) is 6.07 Å². The minimum atomic E-state index is -0.403. The third-order valence-corrected chi connectivity index (χ3v) is 1.28. The van der Waals surface area contributed by atoms with Gasteiger partial charge in [-0.25, -0.2) is 9.37 Å². The monoisotopic (exact) mass is 157 g/mol. The van der Waals surface area contributed by atoms with Gasteiger partial charge in [0.1, 0.15) is 11.0 Å². The molecule has 10 heavy (non-hydrogen) atoms. The van der Waals surface area contributed by atoms with Gasteiger partial charge in [-0.15, -0.1) is 0 Å². The largest absolute Gasteiger partial charge is 0.241 e. The van der Waals surface area contributed by atoms with Crippen LogP contribution in [0.4, 0.5) is 4.39 Å². The summed E-state index contributed by atoms with van der Waals surface area (Å²) in [5.74, 6) is -0.403. The predicted molar refractivity (Wildman–Crippen MR) is 39.3 cm³/mol. The summed E-state index contributed by atoms with van der Waals surface area (Å²) in [4.78, 5) is 3.53. The molecule has 0 radical (unpaired) electrons. The summed E-state index contributed by atoms with van der Waals surface area (Å²) in [6, 6.07) is 1.42. The number of nitrogens with zero attached hydrogens (tertiary/aromatic N) is 1. The van der Waals surface area contributed by atoms with E-state index < -0.39 is 5.82 Å². The number of pyridine rings is 1. The molecule has 0 amide bonds. The van der Waals surface area contributed by atoms with Gasteiger partial charge in [0.15, 0.2) is 0 Å². The van der Waals surface area contributed by atoms with Gasteiger partial charge in [-0.3, -0.25) is 0 Å². The van der Waals surface area contributed by atoms with Crippen LogP contribution in [0.5, 0.6) is 0 Å². The van der Waals surface area contributed by atoms with Crippen LogP contribution in [0.15, 0.2) is 18.8 Å². The Labute approximate surface area is 63.2 Å². The molecule has 0 spiro atoms. The normalized spacial score (nSPS) is 9.40. The van der Waals surface area contributed by atoms with E-state index in [1.54, 1.807) is 0 Å². The van der Waals surface area contributed by atoms with Crippen molar-refractivity contribution in [3.8, 4) is 0 Å². The van der Waals surface area contributed by atoms with Crippen LogP contribution in [-0.4, -0.2) is 4.98 Å². The molecule has 1 aromatic rings. The number of hydrogen-bond donors (Lipinski definition) is 0. The third-order valence-electron chi connectivity index (χ3n) is 1.07. The van der Waals surface area contributed by atoms with Gasteiger partial charge in [-0.1, -0.05) is 24.3 Å². The van der Waals surface area contributed by atoms with Gasteiger partial charge in [0.25, 0.3) is 0 Å². The molecule has 0 aliphatic rings. The smallest absolute Gasteiger partial charge is 0.148 e. The Morgan fingerprint density at radius 1 is 1.70 bits per heavy atom. The first-order chi connectivity index (χ1) is 4.74. The van der Waals surface area contributed by atoms with Gasteiger partial charge in [0, 0.05) is 5.56 Å². The Balaban J connectivity index is 3.21. The molecular weight excluding hydrogens is 153 g/mol. The predicted octanol–water partition coefficient (Wildman–Crippen LogP) is 2.52. The molecule has 1 nitrogen and oxygen atoms in total. The highest BCUT2D eigenvalue weighted by molar-refractivity contribution is 6.29. The van der Waals surface area contributed by atoms with Gasteiger partial charge in [0.05, 0.1) is 6.20 Å². The molecule has 52 valence electrons. The molecule has 0 bridgehead atoms. The van der Waals surface area contributed by atoms with Crippen molar-refractivity contribution >= 4 is 17.7 Å². The zero-order valence-electron chi connectivity index (χ0n) is 5.14. The SMILES string of the molecule is C=Cc1cc(Cl)ncc1F. The van der Waals surface area contributed by atoms with E-state index in [-0.39, 0.29) is 5.15 Å². The molecular formula is C7H5ClFN. The number of hydrogen-bond acceptors (Lipinski definition) is 1. The van der Waals surface area contributed by atoms with E-state index in [0.29, 0.717) is 5.56 Å². The summed E-state index contributed by atoms with van der Waals surface area (Å²) < 4.78 is 12.6. The molecule has 0 atom stereocenters. The Kier molecular flexibility index (Phi) is 2.02. The fourth-order valence-corrected chi connectivity index (χ4v) is 0.750. The van der Waals surface area contributed by atoms with Crippen LogP contribution in [0.2, 0.25) is 5.15 Å². The van der Waals surface area contributed by atoms with Crippen molar-refractivity contribution in [2.45, 2.75) is 0 Å². The van der Waals surface area contributed by atoms with E-state index in [4.69, 9.17) is 11.6 Å². The molecule has 1 rings (SSSR count). The molecule has 0 saturated carbocycles. The minimum absolute atomic E-state index is 0.274. The molecule has 1 aromatic heterocycles. The van der Waals surface area contributed by atoms with Crippen molar-refractivity contribution in [3.63, 3.8) is 0 Å². The van der Waals surface area contributed by atoms with Crippen LogP contribution in [0, 0.1) is 5.82 Å². The number of aromatic nitrogens is 1. The van der Waals surface area contributed by atoms with Crippen LogP contribution in [0.25, 0.3) is 6.08 Å². The molecule has 0 fully saturated rings. The lowest BCUT2D eigenvalue weighted by atomic mass is 10.2. The number of rotatable bonds is 1. The average Bonchev–Trinajstić information content (AvgIpc) is 1.94. The maximum atomic E-state index is 12.6. The highest BCUT2D eigenvalue weighted by atomic mass is 35.5. The summed E-state index contributed by atoms with van der Waals surface area (Å²) in [6.45, 7) is 3.41. The lowest BCUT2D eigenvalue weighted by Crippen LogP contribution is -1.83. The summed E-state index contributed by atoms with van der Waals surface area (Å²) in [5.41, 5.74) is 0.375. The fourth-order valence-electron chi connectivity index (χ4n) is 0.584. The third kappa shape index (κ3) is 1.33. The van der Waals surface area contributed by atoms with Crippen molar-refractivity contribution in [3.05, 3.63) is 35.4 Å². The van der Waals surface area contributed by atoms with E-state index in [9.17, 15) is 4.39 Å². The van der Waals surface area contributed by atoms with Gasteiger partial charge < -0.3 is 0 Å². The lowest BCUT2D eigenvalue weighted by molar-refractivity contribution is 0.618. The van der Waals surface area contributed by atoms with Crippen LogP contribution < -0.4 is 0 Å². The van der Waals surface area contributed by atoms with Crippen LogP contribution in [0.3, 0.4) is 0 Å². The first-order valence-corrected chi connectivity index (χ1v) is 3.05. The van der Waals surface area contributed by atoms with Gasteiger partial charge >= 0.3 is 0 Å². The Morgan fingerprint density at radius 3 is 2.90 bits per heavy atom. The van der Waals surface area contributed by atoms with E-state index in [1.807, 2.05) is 0 Å². The Morgan fingerprint density at radius 2 is 2.40 bits per heavy atom. The quantitative estimate of drug-likeness (QED) is 0.571. The molecule has 0 N–H and O–H groups in total. The summed E-state index contributed by atoms with van der Waals surface area (Å²) >= 11 is 5.47. The van der Waals surface area contributed by atoms with Crippen molar-refractivity contribution in [2.24, 2.45) is 0 Å². The van der Waals surface area contributed by atoms with Crippen LogP contribution in [0.1, 0.15) is 5.56 Å². The second-order valence-corrected chi connectivity index (χ2v) is 2.12. The maximum absolute atomic E-state index is 12.6. The highest BCUT2D eigenvalue weighted by Crippen LogP contribution is 2.11. The second-order valence-electron chi connectivity index (χ2n) is 1.73. The van der Waals surface area contributed by atoms with E-state index >= 15 is 0 Å². The molecule has 3 heteroatoms. The van der Waals surface area contributed by atoms with E-state index in [0.717, 1.165) is 6.20 Å². The Hall–Kier alpha value is -0.890. The first-order valence-electron chi connectivity index (χ1n) is 2.67. The lowest BCUT2D eigenvalue weighted by Gasteiger charge is -1.94.